The maximum Gasteiger partial charge on any atom is 0.233 e. The Labute approximate surface area is 197 Å². The topological polar surface area (TPSA) is 122 Å². The molecule has 2 aliphatic rings. The predicted molar refractivity (Wildman–Crippen MR) is 124 cm³/mol. The Morgan fingerprint density at radius 1 is 1.18 bits per heavy atom. The van der Waals surface area contributed by atoms with Crippen LogP contribution in [0.1, 0.15) is 19.8 Å². The van der Waals surface area contributed by atoms with Gasteiger partial charge < -0.3 is 35.1 Å². The van der Waals surface area contributed by atoms with Crippen LogP contribution >= 0.6 is 0 Å². The van der Waals surface area contributed by atoms with Gasteiger partial charge in [-0.15, -0.1) is 0 Å². The molecule has 0 radical (unpaired) electrons. The molecule has 0 spiro atoms. The van der Waals surface area contributed by atoms with E-state index >= 15 is 0 Å². The van der Waals surface area contributed by atoms with Crippen molar-refractivity contribution in [1.29, 1.82) is 0 Å². The lowest BCUT2D eigenvalue weighted by Crippen LogP contribution is -2.53. The molecule has 1 aromatic heterocycles. The number of carboxylic acid groups (broad SMARTS) is 1. The minimum absolute atomic E-state index is 0.145. The van der Waals surface area contributed by atoms with Gasteiger partial charge in [0.15, 0.2) is 11.6 Å². The van der Waals surface area contributed by atoms with Crippen molar-refractivity contribution in [3.63, 3.8) is 0 Å². The van der Waals surface area contributed by atoms with Crippen LogP contribution in [0.2, 0.25) is 0 Å². The van der Waals surface area contributed by atoms with E-state index in [1.165, 1.54) is 30.6 Å². The Morgan fingerprint density at radius 2 is 1.94 bits per heavy atom. The fraction of sp³-hybridized carbons (Fsp3) is 0.545. The molecule has 184 valence electrons. The van der Waals surface area contributed by atoms with Gasteiger partial charge in [0, 0.05) is 50.5 Å². The van der Waals surface area contributed by atoms with Crippen LogP contribution in [-0.2, 0) is 0 Å². The van der Waals surface area contributed by atoms with E-state index in [9.17, 15) is 14.3 Å². The molecule has 2 fully saturated rings. The van der Waals surface area contributed by atoms with Crippen LogP contribution in [0.15, 0.2) is 18.2 Å². The highest BCUT2D eigenvalue weighted by Gasteiger charge is 2.24. The summed E-state index contributed by atoms with van der Waals surface area (Å²) >= 11 is 0. The minimum Gasteiger partial charge on any atom is -0.530 e. The number of nitrogens with zero attached hydrogens (tertiary/aromatic N) is 6. The highest BCUT2D eigenvalue weighted by Crippen LogP contribution is 2.24. The van der Waals surface area contributed by atoms with Crippen molar-refractivity contribution in [1.82, 2.24) is 24.8 Å². The molecule has 0 saturated carbocycles. The number of methoxy groups -OCH3 is 1. The van der Waals surface area contributed by atoms with Crippen LogP contribution in [0.25, 0.3) is 0 Å². The second kappa shape index (κ2) is 10.7. The number of carbonyl (C=O) groups is 1. The molecule has 2 saturated heterocycles. The van der Waals surface area contributed by atoms with E-state index in [2.05, 4.69) is 37.4 Å². The van der Waals surface area contributed by atoms with E-state index < -0.39 is 11.9 Å². The number of halogens is 1. The first-order chi connectivity index (χ1) is 16.5. The number of piperazine rings is 1. The number of nitrogens with one attached hydrogen (secondary N) is 2. The van der Waals surface area contributed by atoms with Gasteiger partial charge in [-0.2, -0.15) is 15.0 Å². The average molecular weight is 474 g/mol. The molecule has 1 unspecified atom stereocenters. The number of rotatable bonds is 8. The van der Waals surface area contributed by atoms with Crippen molar-refractivity contribution >= 4 is 29.6 Å². The summed E-state index contributed by atoms with van der Waals surface area (Å²) in [5.41, 5.74) is 0.469. The smallest absolute Gasteiger partial charge is 0.233 e. The van der Waals surface area contributed by atoms with Crippen LogP contribution in [0.5, 0.6) is 5.75 Å². The number of ether oxygens (including phenoxy) is 1. The molecular weight excluding hydrogens is 443 g/mol. The fourth-order valence-electron chi connectivity index (χ4n) is 4.36. The molecule has 1 aromatic carbocycles. The Morgan fingerprint density at radius 3 is 2.62 bits per heavy atom. The maximum absolute atomic E-state index is 14.2. The van der Waals surface area contributed by atoms with Crippen LogP contribution < -0.4 is 25.4 Å². The molecule has 2 aliphatic heterocycles. The Bertz CT molecular complexity index is 1000. The van der Waals surface area contributed by atoms with Crippen molar-refractivity contribution in [2.45, 2.75) is 25.8 Å². The Hall–Kier alpha value is -3.41. The lowest BCUT2D eigenvalue weighted by molar-refractivity contribution is -0.265. The fourth-order valence-corrected chi connectivity index (χ4v) is 4.36. The van der Waals surface area contributed by atoms with Crippen molar-refractivity contribution in [3.05, 3.63) is 24.0 Å². The zero-order chi connectivity index (χ0) is 24.1. The molecule has 34 heavy (non-hydrogen) atoms. The van der Waals surface area contributed by atoms with Crippen molar-refractivity contribution in [3.8, 4) is 5.75 Å². The summed E-state index contributed by atoms with van der Waals surface area (Å²) < 4.78 is 19.1. The van der Waals surface area contributed by atoms with E-state index in [-0.39, 0.29) is 11.7 Å². The van der Waals surface area contributed by atoms with E-state index in [4.69, 9.17) is 4.74 Å². The van der Waals surface area contributed by atoms with E-state index in [1.807, 2.05) is 4.90 Å². The van der Waals surface area contributed by atoms with Gasteiger partial charge in [-0.1, -0.05) is 6.92 Å². The second-order valence-electron chi connectivity index (χ2n) is 8.30. The van der Waals surface area contributed by atoms with Crippen molar-refractivity contribution < 1.29 is 19.0 Å². The highest BCUT2D eigenvalue weighted by molar-refractivity contribution is 5.63. The summed E-state index contributed by atoms with van der Waals surface area (Å²) in [5, 5.41) is 17.5. The van der Waals surface area contributed by atoms with E-state index in [1.54, 1.807) is 6.07 Å². The largest absolute Gasteiger partial charge is 0.530 e. The van der Waals surface area contributed by atoms with Gasteiger partial charge in [-0.3, -0.25) is 4.90 Å². The van der Waals surface area contributed by atoms with Gasteiger partial charge in [-0.25, -0.2) is 4.39 Å². The molecule has 3 heterocycles. The highest BCUT2D eigenvalue weighted by atomic mass is 19.1. The molecule has 1 atom stereocenters. The van der Waals surface area contributed by atoms with E-state index in [0.29, 0.717) is 56.3 Å². The van der Waals surface area contributed by atoms with Crippen LogP contribution in [0, 0.1) is 5.82 Å². The number of likely N-dealkylation sites (N-methyl/N-ethyl adjacent to an activating group) is 1. The second-order valence-corrected chi connectivity index (χ2v) is 8.30. The van der Waals surface area contributed by atoms with Gasteiger partial charge >= 0.3 is 0 Å². The molecule has 0 aliphatic carbocycles. The lowest BCUT2D eigenvalue weighted by Gasteiger charge is -2.36. The number of anilines is 4. The number of amides is 1. The monoisotopic (exact) mass is 473 g/mol. The summed E-state index contributed by atoms with van der Waals surface area (Å²) in [7, 11) is 1.41. The standard InChI is InChI=1S/C22H31FN8O3/c1-3-29-8-4-5-16(29)14-24-19-26-20(25-15-6-7-18(34-2)17(23)13-15)28-21(27-19)30-9-11-31(12-10-30)22(32)33/h6-7,13,16H,3-5,8-12,14H2,1-2H3,(H,32,33)(H2,24,25,26,27,28)/p-1. The number of hydrogen-bond acceptors (Lipinski definition) is 10. The molecular formula is C22H30FN8O3-. The van der Waals surface area contributed by atoms with Crippen LogP contribution in [0.3, 0.4) is 0 Å². The van der Waals surface area contributed by atoms with Gasteiger partial charge in [0.25, 0.3) is 0 Å². The van der Waals surface area contributed by atoms with Gasteiger partial charge in [0.05, 0.1) is 7.11 Å². The molecule has 12 heteroatoms. The summed E-state index contributed by atoms with van der Waals surface area (Å²) in [6.45, 7) is 6.40. The van der Waals surface area contributed by atoms with Crippen LogP contribution in [-0.4, -0.2) is 89.8 Å². The number of hydrogen-bond donors (Lipinski definition) is 2. The number of carbonyl (C=O) groups excluding carboxylic acids is 1. The molecule has 0 bridgehead atoms. The zero-order valence-corrected chi connectivity index (χ0v) is 19.5. The first kappa shape index (κ1) is 23.7. The number of aromatic nitrogens is 3. The Balaban J connectivity index is 1.54. The molecule has 1 amide bonds. The van der Waals surface area contributed by atoms with Gasteiger partial charge in [-0.05, 0) is 38.1 Å². The predicted octanol–water partition coefficient (Wildman–Crippen LogP) is 1.12. The maximum atomic E-state index is 14.2. The number of likely N-dealkylation sites (tertiary alicyclic amines) is 1. The summed E-state index contributed by atoms with van der Waals surface area (Å²) in [6, 6.07) is 4.92. The molecule has 2 N–H and O–H groups in total. The quantitative estimate of drug-likeness (QED) is 0.577. The SMILES string of the molecule is CCN1CCCC1CNc1nc(Nc2ccc(OC)c(F)c2)nc(N2CCN(C(=O)[O-])CC2)n1. The average Bonchev–Trinajstić information content (AvgIpc) is 3.30. The van der Waals surface area contributed by atoms with Crippen LogP contribution in [0.4, 0.5) is 32.7 Å². The first-order valence-electron chi connectivity index (χ1n) is 11.5. The summed E-state index contributed by atoms with van der Waals surface area (Å²) in [4.78, 5) is 30.3. The first-order valence-corrected chi connectivity index (χ1v) is 11.5. The third kappa shape index (κ3) is 5.56. The minimum atomic E-state index is -1.18. The van der Waals surface area contributed by atoms with Gasteiger partial charge in [0.1, 0.15) is 6.09 Å². The lowest BCUT2D eigenvalue weighted by atomic mass is 10.2. The normalized spacial score (nSPS) is 18.7. The van der Waals surface area contributed by atoms with Crippen molar-refractivity contribution in [2.24, 2.45) is 0 Å². The third-order valence-corrected chi connectivity index (χ3v) is 6.25. The van der Waals surface area contributed by atoms with Gasteiger partial charge in [0.2, 0.25) is 17.8 Å². The summed E-state index contributed by atoms with van der Waals surface area (Å²) in [6.07, 6.45) is 1.10. The third-order valence-electron chi connectivity index (χ3n) is 6.25. The van der Waals surface area contributed by atoms with Crippen molar-refractivity contribution in [2.75, 3.05) is 68.5 Å². The zero-order valence-electron chi connectivity index (χ0n) is 19.5. The molecule has 4 rings (SSSR count). The Kier molecular flexibility index (Phi) is 7.46. The summed E-state index contributed by atoms with van der Waals surface area (Å²) in [5.74, 6) is 0.738. The number of benzene rings is 1. The van der Waals surface area contributed by atoms with E-state index in [0.717, 1.165) is 19.5 Å². The molecule has 11 nitrogen and oxygen atoms in total. The molecule has 2 aromatic rings.